The maximum atomic E-state index is 13.7. The van der Waals surface area contributed by atoms with Crippen LogP contribution in [-0.2, 0) is 4.79 Å². The fourth-order valence-corrected chi connectivity index (χ4v) is 6.32. The number of alkyl halides is 2. The number of halogens is 2. The molecule has 1 aliphatic heterocycles. The summed E-state index contributed by atoms with van der Waals surface area (Å²) in [7, 11) is 0. The van der Waals surface area contributed by atoms with Gasteiger partial charge in [0.1, 0.15) is 5.84 Å². The second kappa shape index (κ2) is 6.69. The molecular weight excluding hydrogens is 352 g/mol. The zero-order chi connectivity index (χ0) is 19.2. The van der Waals surface area contributed by atoms with Crippen molar-refractivity contribution in [2.45, 2.75) is 56.9 Å². The minimum absolute atomic E-state index is 0.0784. The van der Waals surface area contributed by atoms with Gasteiger partial charge in [-0.05, 0) is 62.8 Å². The third-order valence-electron chi connectivity index (χ3n) is 7.16. The predicted octanol–water partition coefficient (Wildman–Crippen LogP) is 1.87. The highest BCUT2D eigenvalue weighted by molar-refractivity contribution is 5.85. The van der Waals surface area contributed by atoms with Crippen molar-refractivity contribution in [3.05, 3.63) is 0 Å². The van der Waals surface area contributed by atoms with Crippen molar-refractivity contribution in [1.82, 2.24) is 10.2 Å². The Labute approximate surface area is 158 Å². The van der Waals surface area contributed by atoms with Crippen molar-refractivity contribution >= 4 is 11.7 Å². The van der Waals surface area contributed by atoms with Crippen molar-refractivity contribution in [3.63, 3.8) is 0 Å². The normalized spacial score (nSPS) is 40.6. The lowest BCUT2D eigenvalue weighted by Crippen LogP contribution is -2.62. The van der Waals surface area contributed by atoms with Crippen molar-refractivity contribution in [2.75, 3.05) is 19.6 Å². The molecule has 5 rings (SSSR count). The van der Waals surface area contributed by atoms with Gasteiger partial charge >= 0.3 is 0 Å². The number of amides is 1. The van der Waals surface area contributed by atoms with Gasteiger partial charge < -0.3 is 11.1 Å². The molecule has 2 unspecified atom stereocenters. The summed E-state index contributed by atoms with van der Waals surface area (Å²) in [6.45, 7) is 0.541. The van der Waals surface area contributed by atoms with Crippen LogP contribution < -0.4 is 11.1 Å². The molecule has 27 heavy (non-hydrogen) atoms. The number of hydrogen-bond acceptors (Lipinski definition) is 4. The van der Waals surface area contributed by atoms with Gasteiger partial charge in [-0.2, -0.15) is 10.3 Å². The van der Waals surface area contributed by atoms with Crippen LogP contribution >= 0.6 is 0 Å². The van der Waals surface area contributed by atoms with E-state index in [1.807, 2.05) is 6.19 Å². The maximum absolute atomic E-state index is 13.7. The van der Waals surface area contributed by atoms with Crippen LogP contribution in [0.4, 0.5) is 8.78 Å². The Morgan fingerprint density at radius 1 is 1.30 bits per heavy atom. The molecule has 148 valence electrons. The molecule has 8 heteroatoms. The van der Waals surface area contributed by atoms with E-state index in [0.29, 0.717) is 36.6 Å². The van der Waals surface area contributed by atoms with Crippen LogP contribution in [0.5, 0.6) is 0 Å². The minimum Gasteiger partial charge on any atom is -0.369 e. The van der Waals surface area contributed by atoms with E-state index in [0.717, 1.165) is 32.1 Å². The van der Waals surface area contributed by atoms with Gasteiger partial charge in [0.2, 0.25) is 12.1 Å². The average molecular weight is 379 g/mol. The molecule has 1 amide bonds. The smallest absolute Gasteiger partial charge is 0.260 e. The number of hydrogen-bond donors (Lipinski definition) is 2. The number of rotatable bonds is 4. The Kier molecular flexibility index (Phi) is 4.61. The molecule has 5 fully saturated rings. The molecule has 4 saturated carbocycles. The summed E-state index contributed by atoms with van der Waals surface area (Å²) in [6.07, 6.45) is 6.78. The van der Waals surface area contributed by atoms with E-state index >= 15 is 0 Å². The zero-order valence-corrected chi connectivity index (χ0v) is 15.5. The summed E-state index contributed by atoms with van der Waals surface area (Å²) in [5, 5.41) is 12.5. The lowest BCUT2D eigenvalue weighted by atomic mass is 9.47. The van der Waals surface area contributed by atoms with Crippen molar-refractivity contribution < 1.29 is 13.6 Å². The van der Waals surface area contributed by atoms with Crippen LogP contribution in [0.25, 0.3) is 0 Å². The number of likely N-dealkylation sites (tertiary alicyclic amines) is 1. The summed E-state index contributed by atoms with van der Waals surface area (Å²) >= 11 is 0. The molecule has 4 aliphatic carbocycles. The van der Waals surface area contributed by atoms with E-state index in [2.05, 4.69) is 10.3 Å². The van der Waals surface area contributed by atoms with Crippen LogP contribution in [-0.4, -0.2) is 48.2 Å². The third-order valence-corrected chi connectivity index (χ3v) is 7.16. The number of nitriles is 1. The van der Waals surface area contributed by atoms with E-state index in [1.54, 1.807) is 4.90 Å². The van der Waals surface area contributed by atoms with Crippen molar-refractivity contribution in [2.24, 2.45) is 33.9 Å². The molecule has 3 N–H and O–H groups in total. The summed E-state index contributed by atoms with van der Waals surface area (Å²) in [6, 6.07) is 0.145. The molecule has 1 saturated heterocycles. The molecule has 1 heterocycles. The van der Waals surface area contributed by atoms with Crippen LogP contribution in [0.15, 0.2) is 4.99 Å². The van der Waals surface area contributed by atoms with Crippen LogP contribution in [0.3, 0.4) is 0 Å². The summed E-state index contributed by atoms with van der Waals surface area (Å²) in [5.74, 6) is -1.18. The van der Waals surface area contributed by atoms with E-state index in [4.69, 9.17) is 11.0 Å². The monoisotopic (exact) mass is 379 g/mol. The van der Waals surface area contributed by atoms with Gasteiger partial charge in [-0.15, -0.1) is 0 Å². The molecular formula is C19H27F2N5O. The Morgan fingerprint density at radius 2 is 2.00 bits per heavy atom. The SMILES string of the molecule is N#C/N=C(\CN1CCCC(F)(F)C1)NC1C2CC3CC1CC(C(N)=O)(C3)C2. The molecule has 0 aromatic carbocycles. The number of aliphatic imine (C=N–C) groups is 1. The van der Waals surface area contributed by atoms with E-state index in [9.17, 15) is 13.6 Å². The number of primary amides is 1. The fraction of sp³-hybridized carbons (Fsp3) is 0.842. The summed E-state index contributed by atoms with van der Waals surface area (Å²) in [5.41, 5.74) is 5.37. The number of amidine groups is 1. The first-order valence-electron chi connectivity index (χ1n) is 9.92. The Balaban J connectivity index is 1.45. The molecule has 0 spiro atoms. The van der Waals surface area contributed by atoms with E-state index < -0.39 is 5.92 Å². The van der Waals surface area contributed by atoms with E-state index in [-0.39, 0.29) is 36.9 Å². The molecule has 4 bridgehead atoms. The molecule has 5 aliphatic rings. The Hall–Kier alpha value is -1.75. The number of carbonyl (C=O) groups is 1. The summed E-state index contributed by atoms with van der Waals surface area (Å²) < 4.78 is 27.4. The molecule has 6 nitrogen and oxygen atoms in total. The second-order valence-electron chi connectivity index (χ2n) is 9.11. The topological polar surface area (TPSA) is 94.5 Å². The number of carbonyl (C=O) groups excluding carboxylic acids is 1. The summed E-state index contributed by atoms with van der Waals surface area (Å²) in [4.78, 5) is 17.6. The lowest BCUT2D eigenvalue weighted by molar-refractivity contribution is -0.145. The first-order valence-corrected chi connectivity index (χ1v) is 9.92. The predicted molar refractivity (Wildman–Crippen MR) is 95.8 cm³/mol. The number of nitrogens with one attached hydrogen (secondary N) is 1. The average Bonchev–Trinajstić information content (AvgIpc) is 2.56. The van der Waals surface area contributed by atoms with Crippen LogP contribution in [0.2, 0.25) is 0 Å². The molecule has 0 radical (unpaired) electrons. The minimum atomic E-state index is -2.67. The number of nitrogens with two attached hydrogens (primary N) is 1. The van der Waals surface area contributed by atoms with Gasteiger partial charge in [-0.25, -0.2) is 8.78 Å². The second-order valence-corrected chi connectivity index (χ2v) is 9.11. The van der Waals surface area contributed by atoms with Crippen molar-refractivity contribution in [1.29, 1.82) is 5.26 Å². The first kappa shape index (κ1) is 18.6. The maximum Gasteiger partial charge on any atom is 0.260 e. The molecule has 2 atom stereocenters. The van der Waals surface area contributed by atoms with Gasteiger partial charge in [0, 0.05) is 17.9 Å². The number of nitrogens with zero attached hydrogens (tertiary/aromatic N) is 3. The third kappa shape index (κ3) is 3.54. The van der Waals surface area contributed by atoms with Gasteiger partial charge in [0.15, 0.2) is 0 Å². The highest BCUT2D eigenvalue weighted by Gasteiger charge is 2.58. The molecule has 0 aromatic rings. The van der Waals surface area contributed by atoms with Crippen LogP contribution in [0, 0.1) is 34.6 Å². The number of piperidine rings is 1. The Morgan fingerprint density at radius 3 is 2.59 bits per heavy atom. The van der Waals surface area contributed by atoms with Gasteiger partial charge in [-0.3, -0.25) is 9.69 Å². The van der Waals surface area contributed by atoms with E-state index in [1.165, 1.54) is 0 Å². The zero-order valence-electron chi connectivity index (χ0n) is 15.5. The largest absolute Gasteiger partial charge is 0.369 e. The van der Waals surface area contributed by atoms with Gasteiger partial charge in [0.05, 0.1) is 13.1 Å². The standard InChI is InChI=1S/C19H27F2N5O/c20-19(21)2-1-3-26(10-19)9-15(24-11-22)25-16-13-4-12-5-14(16)8-18(6-12,7-13)17(23)27/h12-14,16H,1-10H2,(H2,23,27)(H,24,25). The van der Waals surface area contributed by atoms with Crippen LogP contribution in [0.1, 0.15) is 44.9 Å². The quantitative estimate of drug-likeness (QED) is 0.443. The van der Waals surface area contributed by atoms with Crippen molar-refractivity contribution in [3.8, 4) is 6.19 Å². The highest BCUT2D eigenvalue weighted by atomic mass is 19.3. The lowest BCUT2D eigenvalue weighted by Gasteiger charge is -2.59. The first-order chi connectivity index (χ1) is 12.8. The molecule has 0 aromatic heterocycles. The van der Waals surface area contributed by atoms with Gasteiger partial charge in [-0.1, -0.05) is 0 Å². The fourth-order valence-electron chi connectivity index (χ4n) is 6.32. The highest BCUT2D eigenvalue weighted by Crippen LogP contribution is 2.59. The van der Waals surface area contributed by atoms with Gasteiger partial charge in [0.25, 0.3) is 5.92 Å². The Bertz CT molecular complexity index is 672.